The van der Waals surface area contributed by atoms with Gasteiger partial charge in [0.25, 0.3) is 0 Å². The topological polar surface area (TPSA) is 46.2 Å². The standard InChI is InChI=1S/C13H21NO/c1-5-10-7-11(8-13(3,4)14)9(2)6-12(10)15/h6-7,15H,5,8,14H2,1-4H3. The molecule has 2 heteroatoms. The monoisotopic (exact) mass is 207 g/mol. The number of hydrogen-bond acceptors (Lipinski definition) is 2. The average molecular weight is 207 g/mol. The molecule has 0 saturated carbocycles. The number of aromatic hydroxyl groups is 1. The van der Waals surface area contributed by atoms with E-state index in [2.05, 4.69) is 6.07 Å². The summed E-state index contributed by atoms with van der Waals surface area (Å²) in [6.45, 7) is 8.10. The van der Waals surface area contributed by atoms with Crippen molar-refractivity contribution in [3.05, 3.63) is 28.8 Å². The highest BCUT2D eigenvalue weighted by Gasteiger charge is 2.14. The van der Waals surface area contributed by atoms with Gasteiger partial charge in [0.05, 0.1) is 0 Å². The second-order valence-electron chi connectivity index (χ2n) is 4.93. The fourth-order valence-electron chi connectivity index (χ4n) is 1.75. The van der Waals surface area contributed by atoms with Crippen LogP contribution >= 0.6 is 0 Å². The first-order valence-electron chi connectivity index (χ1n) is 5.43. The molecule has 0 aromatic heterocycles. The van der Waals surface area contributed by atoms with E-state index in [-0.39, 0.29) is 5.54 Å². The van der Waals surface area contributed by atoms with E-state index in [0.29, 0.717) is 5.75 Å². The lowest BCUT2D eigenvalue weighted by atomic mass is 9.91. The molecule has 0 bridgehead atoms. The van der Waals surface area contributed by atoms with Crippen LogP contribution in [0.25, 0.3) is 0 Å². The third-order valence-corrected chi connectivity index (χ3v) is 2.56. The molecule has 0 fully saturated rings. The molecule has 3 N–H and O–H groups in total. The van der Waals surface area contributed by atoms with Crippen LogP contribution in [0.4, 0.5) is 0 Å². The lowest BCUT2D eigenvalue weighted by Gasteiger charge is -2.20. The van der Waals surface area contributed by atoms with E-state index in [1.807, 2.05) is 33.8 Å². The van der Waals surface area contributed by atoms with Gasteiger partial charge in [-0.3, -0.25) is 0 Å². The third kappa shape index (κ3) is 3.24. The van der Waals surface area contributed by atoms with Gasteiger partial charge >= 0.3 is 0 Å². The Bertz CT molecular complexity index is 350. The van der Waals surface area contributed by atoms with Crippen molar-refractivity contribution < 1.29 is 5.11 Å². The first-order valence-corrected chi connectivity index (χ1v) is 5.43. The number of phenols is 1. The number of hydrogen-bond donors (Lipinski definition) is 2. The molecule has 0 radical (unpaired) electrons. The second-order valence-corrected chi connectivity index (χ2v) is 4.93. The summed E-state index contributed by atoms with van der Waals surface area (Å²) in [5, 5.41) is 9.68. The van der Waals surface area contributed by atoms with Gasteiger partial charge in [0.15, 0.2) is 0 Å². The molecular weight excluding hydrogens is 186 g/mol. The Morgan fingerprint density at radius 3 is 2.33 bits per heavy atom. The molecule has 0 atom stereocenters. The quantitative estimate of drug-likeness (QED) is 0.800. The zero-order valence-electron chi connectivity index (χ0n) is 10.1. The Balaban J connectivity index is 3.08. The Labute approximate surface area is 92.1 Å². The lowest BCUT2D eigenvalue weighted by molar-refractivity contribution is 0.466. The van der Waals surface area contributed by atoms with E-state index < -0.39 is 0 Å². The molecule has 0 aliphatic carbocycles. The normalized spacial score (nSPS) is 11.8. The first kappa shape index (κ1) is 12.1. The summed E-state index contributed by atoms with van der Waals surface area (Å²) in [4.78, 5) is 0. The summed E-state index contributed by atoms with van der Waals surface area (Å²) in [5.74, 6) is 0.397. The molecule has 0 aliphatic heterocycles. The first-order chi connectivity index (χ1) is 6.83. The van der Waals surface area contributed by atoms with Crippen LogP contribution in [-0.4, -0.2) is 10.6 Å². The Morgan fingerprint density at radius 1 is 1.27 bits per heavy atom. The maximum atomic E-state index is 9.68. The van der Waals surface area contributed by atoms with Crippen LogP contribution in [0.3, 0.4) is 0 Å². The minimum Gasteiger partial charge on any atom is -0.508 e. The Kier molecular flexibility index (Phi) is 3.40. The van der Waals surface area contributed by atoms with E-state index in [4.69, 9.17) is 5.73 Å². The van der Waals surface area contributed by atoms with E-state index in [1.54, 1.807) is 0 Å². The highest BCUT2D eigenvalue weighted by molar-refractivity contribution is 5.42. The summed E-state index contributed by atoms with van der Waals surface area (Å²) >= 11 is 0. The maximum absolute atomic E-state index is 9.68. The predicted molar refractivity (Wildman–Crippen MR) is 64.2 cm³/mol. The highest BCUT2D eigenvalue weighted by atomic mass is 16.3. The molecule has 0 heterocycles. The van der Waals surface area contributed by atoms with Crippen molar-refractivity contribution >= 4 is 0 Å². The average Bonchev–Trinajstić information content (AvgIpc) is 2.07. The zero-order chi connectivity index (χ0) is 11.6. The van der Waals surface area contributed by atoms with Gasteiger partial charge in [-0.25, -0.2) is 0 Å². The number of rotatable bonds is 3. The molecule has 0 unspecified atom stereocenters. The van der Waals surface area contributed by atoms with Gasteiger partial charge in [-0.1, -0.05) is 13.0 Å². The van der Waals surface area contributed by atoms with Gasteiger partial charge in [-0.15, -0.1) is 0 Å². The fourth-order valence-corrected chi connectivity index (χ4v) is 1.75. The number of aryl methyl sites for hydroxylation is 2. The Hall–Kier alpha value is -1.02. The molecule has 1 rings (SSSR count). The van der Waals surface area contributed by atoms with E-state index >= 15 is 0 Å². The molecule has 1 aromatic carbocycles. The largest absolute Gasteiger partial charge is 0.508 e. The molecule has 0 amide bonds. The predicted octanol–water partition coefficient (Wildman–Crippen LogP) is 2.54. The summed E-state index contributed by atoms with van der Waals surface area (Å²) < 4.78 is 0. The summed E-state index contributed by atoms with van der Waals surface area (Å²) in [5.41, 5.74) is 9.15. The van der Waals surface area contributed by atoms with Gasteiger partial charge in [0, 0.05) is 5.54 Å². The molecule has 0 spiro atoms. The van der Waals surface area contributed by atoms with Crippen LogP contribution in [0.1, 0.15) is 37.5 Å². The van der Waals surface area contributed by atoms with E-state index in [9.17, 15) is 5.11 Å². The Morgan fingerprint density at radius 2 is 1.87 bits per heavy atom. The van der Waals surface area contributed by atoms with Gasteiger partial charge < -0.3 is 10.8 Å². The van der Waals surface area contributed by atoms with Crippen molar-refractivity contribution in [1.29, 1.82) is 0 Å². The van der Waals surface area contributed by atoms with Gasteiger partial charge in [0.2, 0.25) is 0 Å². The van der Waals surface area contributed by atoms with Crippen LogP contribution in [0.5, 0.6) is 5.75 Å². The summed E-state index contributed by atoms with van der Waals surface area (Å²) in [6.07, 6.45) is 1.69. The summed E-state index contributed by atoms with van der Waals surface area (Å²) in [7, 11) is 0. The maximum Gasteiger partial charge on any atom is 0.119 e. The van der Waals surface area contributed by atoms with Gasteiger partial charge in [-0.2, -0.15) is 0 Å². The highest BCUT2D eigenvalue weighted by Crippen LogP contribution is 2.24. The van der Waals surface area contributed by atoms with E-state index in [1.165, 1.54) is 5.56 Å². The van der Waals surface area contributed by atoms with Gasteiger partial charge in [-0.05, 0) is 56.4 Å². The molecule has 0 aliphatic rings. The van der Waals surface area contributed by atoms with Crippen LogP contribution in [0.2, 0.25) is 0 Å². The molecule has 1 aromatic rings. The molecule has 2 nitrogen and oxygen atoms in total. The fraction of sp³-hybridized carbons (Fsp3) is 0.538. The minimum absolute atomic E-state index is 0.202. The molecular formula is C13H21NO. The number of benzene rings is 1. The second kappa shape index (κ2) is 4.23. The lowest BCUT2D eigenvalue weighted by Crippen LogP contribution is -2.34. The molecule has 0 saturated heterocycles. The summed E-state index contributed by atoms with van der Waals surface area (Å²) in [6, 6.07) is 3.90. The van der Waals surface area contributed by atoms with Crippen LogP contribution in [-0.2, 0) is 12.8 Å². The van der Waals surface area contributed by atoms with Gasteiger partial charge in [0.1, 0.15) is 5.75 Å². The van der Waals surface area contributed by atoms with Crippen molar-refractivity contribution in [2.45, 2.75) is 46.1 Å². The van der Waals surface area contributed by atoms with Crippen LogP contribution in [0, 0.1) is 6.92 Å². The van der Waals surface area contributed by atoms with Crippen molar-refractivity contribution in [3.8, 4) is 5.75 Å². The van der Waals surface area contributed by atoms with Crippen molar-refractivity contribution in [2.75, 3.05) is 0 Å². The minimum atomic E-state index is -0.202. The third-order valence-electron chi connectivity index (χ3n) is 2.56. The number of nitrogens with two attached hydrogens (primary N) is 1. The van der Waals surface area contributed by atoms with E-state index in [0.717, 1.165) is 24.0 Å². The smallest absolute Gasteiger partial charge is 0.119 e. The van der Waals surface area contributed by atoms with Crippen molar-refractivity contribution in [3.63, 3.8) is 0 Å². The number of phenolic OH excluding ortho intramolecular Hbond substituents is 1. The van der Waals surface area contributed by atoms with Crippen molar-refractivity contribution in [2.24, 2.45) is 5.73 Å². The zero-order valence-corrected chi connectivity index (χ0v) is 10.1. The molecule has 15 heavy (non-hydrogen) atoms. The van der Waals surface area contributed by atoms with Crippen LogP contribution in [0.15, 0.2) is 12.1 Å². The van der Waals surface area contributed by atoms with Crippen LogP contribution < -0.4 is 5.73 Å². The molecule has 84 valence electrons. The van der Waals surface area contributed by atoms with Crippen molar-refractivity contribution in [1.82, 2.24) is 0 Å². The SMILES string of the molecule is CCc1cc(CC(C)(C)N)c(C)cc1O.